The van der Waals surface area contributed by atoms with Crippen LogP contribution >= 0.6 is 0 Å². The third-order valence-corrected chi connectivity index (χ3v) is 5.12. The van der Waals surface area contributed by atoms with E-state index in [1.165, 1.54) is 11.1 Å². The molecule has 0 unspecified atom stereocenters. The maximum atomic E-state index is 12.4. The zero-order valence-corrected chi connectivity index (χ0v) is 16.7. The van der Waals surface area contributed by atoms with Crippen LogP contribution in [-0.4, -0.2) is 48.4 Å². The van der Waals surface area contributed by atoms with E-state index >= 15 is 0 Å². The second-order valence-electron chi connectivity index (χ2n) is 8.41. The second kappa shape index (κ2) is 8.68. The molecular formula is C23H31N3O. The van der Waals surface area contributed by atoms with Gasteiger partial charge in [-0.05, 0) is 28.7 Å². The van der Waals surface area contributed by atoms with Crippen molar-refractivity contribution < 1.29 is 4.79 Å². The molecule has 1 fully saturated rings. The third kappa shape index (κ3) is 5.91. The fraction of sp³-hybridized carbons (Fsp3) is 0.435. The monoisotopic (exact) mass is 365 g/mol. The SMILES string of the molecule is CC(C)(C)c1ccc(NC(=O)CN2CCN(Cc3ccccc3)CC2)cc1. The fourth-order valence-electron chi connectivity index (χ4n) is 3.40. The molecule has 2 aromatic carbocycles. The summed E-state index contributed by atoms with van der Waals surface area (Å²) in [6.07, 6.45) is 0. The van der Waals surface area contributed by atoms with Crippen molar-refractivity contribution >= 4 is 11.6 Å². The summed E-state index contributed by atoms with van der Waals surface area (Å²) in [5.41, 5.74) is 3.62. The van der Waals surface area contributed by atoms with Gasteiger partial charge < -0.3 is 5.32 Å². The highest BCUT2D eigenvalue weighted by Crippen LogP contribution is 2.23. The third-order valence-electron chi connectivity index (χ3n) is 5.12. The number of carbonyl (C=O) groups is 1. The topological polar surface area (TPSA) is 35.6 Å². The molecule has 1 amide bonds. The lowest BCUT2D eigenvalue weighted by Crippen LogP contribution is -2.48. The standard InChI is InChI=1S/C23H31N3O/c1-23(2,3)20-9-11-21(12-10-20)24-22(27)18-26-15-13-25(14-16-26)17-19-7-5-4-6-8-19/h4-12H,13-18H2,1-3H3,(H,24,27). The zero-order valence-electron chi connectivity index (χ0n) is 16.7. The molecule has 27 heavy (non-hydrogen) atoms. The predicted molar refractivity (Wildman–Crippen MR) is 112 cm³/mol. The van der Waals surface area contributed by atoms with Gasteiger partial charge in [-0.1, -0.05) is 63.2 Å². The van der Waals surface area contributed by atoms with Crippen molar-refractivity contribution in [2.75, 3.05) is 38.0 Å². The van der Waals surface area contributed by atoms with Crippen molar-refractivity contribution in [1.82, 2.24) is 9.80 Å². The molecule has 1 N–H and O–H groups in total. The first-order valence-corrected chi connectivity index (χ1v) is 9.79. The van der Waals surface area contributed by atoms with E-state index in [0.29, 0.717) is 6.54 Å². The Morgan fingerprint density at radius 2 is 1.48 bits per heavy atom. The first-order chi connectivity index (χ1) is 12.9. The Morgan fingerprint density at radius 3 is 2.07 bits per heavy atom. The number of piperazine rings is 1. The highest BCUT2D eigenvalue weighted by molar-refractivity contribution is 5.92. The van der Waals surface area contributed by atoms with Crippen LogP contribution < -0.4 is 5.32 Å². The van der Waals surface area contributed by atoms with E-state index in [0.717, 1.165) is 38.4 Å². The van der Waals surface area contributed by atoms with Gasteiger partial charge in [0.25, 0.3) is 0 Å². The van der Waals surface area contributed by atoms with Crippen molar-refractivity contribution in [2.45, 2.75) is 32.7 Å². The summed E-state index contributed by atoms with van der Waals surface area (Å²) in [5.74, 6) is 0.0648. The van der Waals surface area contributed by atoms with Crippen LogP contribution in [0.25, 0.3) is 0 Å². The normalized spacial score (nSPS) is 16.3. The van der Waals surface area contributed by atoms with E-state index in [9.17, 15) is 4.79 Å². The molecule has 0 bridgehead atoms. The molecule has 1 heterocycles. The highest BCUT2D eigenvalue weighted by atomic mass is 16.2. The average molecular weight is 366 g/mol. The van der Waals surface area contributed by atoms with E-state index in [1.807, 2.05) is 12.1 Å². The molecule has 1 aliphatic heterocycles. The van der Waals surface area contributed by atoms with Crippen LogP contribution in [0.2, 0.25) is 0 Å². The van der Waals surface area contributed by atoms with Crippen LogP contribution in [0.15, 0.2) is 54.6 Å². The first-order valence-electron chi connectivity index (χ1n) is 9.79. The number of hydrogen-bond donors (Lipinski definition) is 1. The highest BCUT2D eigenvalue weighted by Gasteiger charge is 2.19. The molecule has 0 aromatic heterocycles. The molecule has 1 saturated heterocycles. The van der Waals surface area contributed by atoms with Gasteiger partial charge in [-0.2, -0.15) is 0 Å². The average Bonchev–Trinajstić information content (AvgIpc) is 2.64. The minimum absolute atomic E-state index is 0.0648. The van der Waals surface area contributed by atoms with Gasteiger partial charge in [0.2, 0.25) is 5.91 Å². The van der Waals surface area contributed by atoms with Gasteiger partial charge in [0, 0.05) is 38.4 Å². The minimum Gasteiger partial charge on any atom is -0.325 e. The number of benzene rings is 2. The molecule has 4 nitrogen and oxygen atoms in total. The summed E-state index contributed by atoms with van der Waals surface area (Å²) in [7, 11) is 0. The Morgan fingerprint density at radius 1 is 0.889 bits per heavy atom. The van der Waals surface area contributed by atoms with Gasteiger partial charge in [0.1, 0.15) is 0 Å². The van der Waals surface area contributed by atoms with E-state index in [2.05, 4.69) is 78.4 Å². The van der Waals surface area contributed by atoms with Crippen LogP contribution in [0.4, 0.5) is 5.69 Å². The summed E-state index contributed by atoms with van der Waals surface area (Å²) in [4.78, 5) is 17.1. The smallest absolute Gasteiger partial charge is 0.238 e. The predicted octanol–water partition coefficient (Wildman–Crippen LogP) is 3.74. The number of amides is 1. The molecule has 3 rings (SSSR count). The van der Waals surface area contributed by atoms with E-state index < -0.39 is 0 Å². The van der Waals surface area contributed by atoms with Crippen molar-refractivity contribution in [3.8, 4) is 0 Å². The number of rotatable bonds is 5. The van der Waals surface area contributed by atoms with Crippen LogP contribution in [0.5, 0.6) is 0 Å². The molecule has 0 spiro atoms. The van der Waals surface area contributed by atoms with E-state index in [1.54, 1.807) is 0 Å². The number of anilines is 1. The molecule has 0 radical (unpaired) electrons. The number of nitrogens with one attached hydrogen (secondary N) is 1. The van der Waals surface area contributed by atoms with Gasteiger partial charge in [0.05, 0.1) is 6.54 Å². The summed E-state index contributed by atoms with van der Waals surface area (Å²) in [6, 6.07) is 18.8. The Balaban J connectivity index is 1.43. The molecule has 0 aliphatic carbocycles. The summed E-state index contributed by atoms with van der Waals surface area (Å²) >= 11 is 0. The molecule has 144 valence electrons. The summed E-state index contributed by atoms with van der Waals surface area (Å²) in [6.45, 7) is 11.9. The fourth-order valence-corrected chi connectivity index (χ4v) is 3.40. The summed E-state index contributed by atoms with van der Waals surface area (Å²) < 4.78 is 0. The molecule has 2 aromatic rings. The Hall–Kier alpha value is -2.17. The van der Waals surface area contributed by atoms with Gasteiger partial charge in [-0.3, -0.25) is 14.6 Å². The van der Waals surface area contributed by atoms with Gasteiger partial charge in [0.15, 0.2) is 0 Å². The van der Waals surface area contributed by atoms with E-state index in [-0.39, 0.29) is 11.3 Å². The quantitative estimate of drug-likeness (QED) is 0.877. The second-order valence-corrected chi connectivity index (χ2v) is 8.41. The maximum absolute atomic E-state index is 12.4. The molecule has 0 saturated carbocycles. The number of hydrogen-bond acceptors (Lipinski definition) is 3. The van der Waals surface area contributed by atoms with Crippen LogP contribution in [0.1, 0.15) is 31.9 Å². The van der Waals surface area contributed by atoms with Crippen LogP contribution in [0, 0.1) is 0 Å². The maximum Gasteiger partial charge on any atom is 0.238 e. The van der Waals surface area contributed by atoms with Crippen molar-refractivity contribution in [3.63, 3.8) is 0 Å². The first kappa shape index (κ1) is 19.6. The van der Waals surface area contributed by atoms with Crippen molar-refractivity contribution in [1.29, 1.82) is 0 Å². The lowest BCUT2D eigenvalue weighted by Gasteiger charge is -2.34. The Bertz CT molecular complexity index is 726. The zero-order chi connectivity index (χ0) is 19.3. The lowest BCUT2D eigenvalue weighted by atomic mass is 9.87. The van der Waals surface area contributed by atoms with Gasteiger partial charge >= 0.3 is 0 Å². The van der Waals surface area contributed by atoms with Gasteiger partial charge in [-0.15, -0.1) is 0 Å². The lowest BCUT2D eigenvalue weighted by molar-refractivity contribution is -0.117. The Kier molecular flexibility index (Phi) is 6.30. The van der Waals surface area contributed by atoms with Crippen molar-refractivity contribution in [2.24, 2.45) is 0 Å². The minimum atomic E-state index is 0.0648. The number of carbonyl (C=O) groups excluding carboxylic acids is 1. The molecule has 0 atom stereocenters. The van der Waals surface area contributed by atoms with Crippen LogP contribution in [0.3, 0.4) is 0 Å². The van der Waals surface area contributed by atoms with Crippen LogP contribution in [-0.2, 0) is 16.8 Å². The Labute approximate surface area is 163 Å². The molecular weight excluding hydrogens is 334 g/mol. The molecule has 1 aliphatic rings. The largest absolute Gasteiger partial charge is 0.325 e. The van der Waals surface area contributed by atoms with Gasteiger partial charge in [-0.25, -0.2) is 0 Å². The number of nitrogens with zero attached hydrogens (tertiary/aromatic N) is 2. The molecule has 4 heteroatoms. The van der Waals surface area contributed by atoms with E-state index in [4.69, 9.17) is 0 Å². The van der Waals surface area contributed by atoms with Crippen molar-refractivity contribution in [3.05, 3.63) is 65.7 Å². The summed E-state index contributed by atoms with van der Waals surface area (Å²) in [5, 5.41) is 3.02.